The van der Waals surface area contributed by atoms with Gasteiger partial charge in [0.1, 0.15) is 0 Å². The SMILES string of the molecule is CCOc1c(Cl)cc(C(=O)O[C@H](C)C(=O)N2CCc3ccccc3C2)cc1OC. The second-order valence-electron chi connectivity index (χ2n) is 6.75. The van der Waals surface area contributed by atoms with Crippen LogP contribution in [-0.2, 0) is 22.5 Å². The number of methoxy groups -OCH3 is 1. The van der Waals surface area contributed by atoms with Gasteiger partial charge >= 0.3 is 5.97 Å². The van der Waals surface area contributed by atoms with Gasteiger partial charge in [0.15, 0.2) is 17.6 Å². The molecule has 1 aliphatic heterocycles. The molecule has 1 amide bonds. The molecule has 0 bridgehead atoms. The van der Waals surface area contributed by atoms with Crippen LogP contribution in [-0.4, -0.2) is 43.1 Å². The minimum atomic E-state index is -0.913. The summed E-state index contributed by atoms with van der Waals surface area (Å²) in [5.41, 5.74) is 2.56. The Morgan fingerprint density at radius 1 is 1.21 bits per heavy atom. The van der Waals surface area contributed by atoms with E-state index in [-0.39, 0.29) is 16.5 Å². The Balaban J connectivity index is 1.69. The number of halogens is 1. The van der Waals surface area contributed by atoms with Gasteiger partial charge in [-0.2, -0.15) is 0 Å². The molecule has 0 unspecified atom stereocenters. The molecule has 154 valence electrons. The van der Waals surface area contributed by atoms with Gasteiger partial charge in [0.2, 0.25) is 0 Å². The Bertz CT molecular complexity index is 914. The Hall–Kier alpha value is -2.73. The van der Waals surface area contributed by atoms with Crippen molar-refractivity contribution < 1.29 is 23.8 Å². The fraction of sp³-hybridized carbons (Fsp3) is 0.364. The molecule has 0 saturated heterocycles. The number of amides is 1. The highest BCUT2D eigenvalue weighted by Gasteiger charge is 2.28. The van der Waals surface area contributed by atoms with Crippen LogP contribution in [0.4, 0.5) is 0 Å². The van der Waals surface area contributed by atoms with Gasteiger partial charge in [-0.05, 0) is 43.5 Å². The van der Waals surface area contributed by atoms with E-state index in [1.807, 2.05) is 25.1 Å². The molecule has 0 aromatic heterocycles. The first-order chi connectivity index (χ1) is 13.9. The minimum Gasteiger partial charge on any atom is -0.493 e. The minimum absolute atomic E-state index is 0.193. The van der Waals surface area contributed by atoms with Crippen LogP contribution in [0.15, 0.2) is 36.4 Å². The van der Waals surface area contributed by atoms with Gasteiger partial charge in [-0.25, -0.2) is 4.79 Å². The van der Waals surface area contributed by atoms with Crippen molar-refractivity contribution in [2.75, 3.05) is 20.3 Å². The maximum Gasteiger partial charge on any atom is 0.339 e. The number of esters is 1. The van der Waals surface area contributed by atoms with E-state index in [2.05, 4.69) is 6.07 Å². The van der Waals surface area contributed by atoms with Crippen LogP contribution < -0.4 is 9.47 Å². The number of carbonyl (C=O) groups is 2. The van der Waals surface area contributed by atoms with Crippen LogP contribution in [0, 0.1) is 0 Å². The van der Waals surface area contributed by atoms with E-state index in [9.17, 15) is 9.59 Å². The summed E-state index contributed by atoms with van der Waals surface area (Å²) in [6.45, 7) is 4.92. The molecule has 0 aliphatic carbocycles. The first-order valence-electron chi connectivity index (χ1n) is 9.51. The lowest BCUT2D eigenvalue weighted by atomic mass is 9.99. The molecule has 0 saturated carbocycles. The zero-order valence-electron chi connectivity index (χ0n) is 16.7. The summed E-state index contributed by atoms with van der Waals surface area (Å²) in [5.74, 6) is -0.175. The standard InChI is InChI=1S/C22H24ClNO5/c1-4-28-20-18(23)11-17(12-19(20)27-3)22(26)29-14(2)21(25)24-10-9-15-7-5-6-8-16(15)13-24/h5-8,11-12,14H,4,9-10,13H2,1-3H3/t14-/m1/s1. The first kappa shape index (κ1) is 21.0. The molecule has 3 rings (SSSR count). The van der Waals surface area contributed by atoms with E-state index in [4.69, 9.17) is 25.8 Å². The molecule has 6 nitrogen and oxygen atoms in total. The van der Waals surface area contributed by atoms with Crippen LogP contribution in [0.5, 0.6) is 11.5 Å². The number of hydrogen-bond donors (Lipinski definition) is 0. The van der Waals surface area contributed by atoms with Gasteiger partial charge in [-0.15, -0.1) is 0 Å². The molecule has 1 atom stereocenters. The van der Waals surface area contributed by atoms with E-state index in [1.54, 1.807) is 11.8 Å². The third kappa shape index (κ3) is 4.65. The summed E-state index contributed by atoms with van der Waals surface area (Å²) in [5, 5.41) is 0.241. The maximum absolute atomic E-state index is 12.8. The number of ether oxygens (including phenoxy) is 3. The predicted octanol–water partition coefficient (Wildman–Crippen LogP) is 3.88. The highest BCUT2D eigenvalue weighted by Crippen LogP contribution is 2.36. The van der Waals surface area contributed by atoms with Gasteiger partial charge in [-0.1, -0.05) is 35.9 Å². The van der Waals surface area contributed by atoms with Crippen molar-refractivity contribution in [3.05, 3.63) is 58.1 Å². The number of hydrogen-bond acceptors (Lipinski definition) is 5. The monoisotopic (exact) mass is 417 g/mol. The molecule has 0 N–H and O–H groups in total. The Kier molecular flexibility index (Phi) is 6.64. The van der Waals surface area contributed by atoms with Crippen molar-refractivity contribution in [3.63, 3.8) is 0 Å². The van der Waals surface area contributed by atoms with Crippen molar-refractivity contribution in [2.45, 2.75) is 32.9 Å². The molecule has 7 heteroatoms. The van der Waals surface area contributed by atoms with E-state index >= 15 is 0 Å². The van der Waals surface area contributed by atoms with E-state index in [0.717, 1.165) is 12.0 Å². The second-order valence-corrected chi connectivity index (χ2v) is 7.16. The Morgan fingerprint density at radius 3 is 2.62 bits per heavy atom. The summed E-state index contributed by atoms with van der Waals surface area (Å²) in [6, 6.07) is 11.0. The zero-order valence-corrected chi connectivity index (χ0v) is 17.5. The van der Waals surface area contributed by atoms with Gasteiger partial charge in [-0.3, -0.25) is 4.79 Å². The number of carbonyl (C=O) groups excluding carboxylic acids is 2. The number of fused-ring (bicyclic) bond motifs is 1. The van der Waals surface area contributed by atoms with E-state index in [1.165, 1.54) is 24.8 Å². The van der Waals surface area contributed by atoms with Gasteiger partial charge in [0.05, 0.1) is 24.3 Å². The first-order valence-corrected chi connectivity index (χ1v) is 9.89. The summed E-state index contributed by atoms with van der Waals surface area (Å²) in [7, 11) is 1.46. The summed E-state index contributed by atoms with van der Waals surface area (Å²) >= 11 is 6.22. The van der Waals surface area contributed by atoms with Crippen LogP contribution in [0.3, 0.4) is 0 Å². The molecule has 1 heterocycles. The smallest absolute Gasteiger partial charge is 0.339 e. The highest BCUT2D eigenvalue weighted by atomic mass is 35.5. The third-order valence-electron chi connectivity index (χ3n) is 4.83. The summed E-state index contributed by atoms with van der Waals surface area (Å²) < 4.78 is 16.1. The van der Waals surface area contributed by atoms with Crippen molar-refractivity contribution in [1.82, 2.24) is 4.90 Å². The predicted molar refractivity (Wildman–Crippen MR) is 110 cm³/mol. The van der Waals surface area contributed by atoms with E-state index < -0.39 is 12.1 Å². The Labute approximate surface area is 175 Å². The summed E-state index contributed by atoms with van der Waals surface area (Å²) in [4.78, 5) is 27.1. The van der Waals surface area contributed by atoms with Gasteiger partial charge in [0, 0.05) is 13.1 Å². The van der Waals surface area contributed by atoms with Crippen LogP contribution >= 0.6 is 11.6 Å². The maximum atomic E-state index is 12.8. The topological polar surface area (TPSA) is 65.1 Å². The average Bonchev–Trinajstić information content (AvgIpc) is 2.73. The average molecular weight is 418 g/mol. The van der Waals surface area contributed by atoms with Gasteiger partial charge < -0.3 is 19.1 Å². The molecule has 2 aromatic rings. The quantitative estimate of drug-likeness (QED) is 0.667. The second kappa shape index (κ2) is 9.18. The summed E-state index contributed by atoms with van der Waals surface area (Å²) in [6.07, 6.45) is -0.127. The molecule has 0 fully saturated rings. The number of nitrogens with zero attached hydrogens (tertiary/aromatic N) is 1. The molecule has 2 aromatic carbocycles. The van der Waals surface area contributed by atoms with Crippen molar-refractivity contribution in [3.8, 4) is 11.5 Å². The third-order valence-corrected chi connectivity index (χ3v) is 5.11. The number of benzene rings is 2. The molecule has 0 radical (unpaired) electrons. The van der Waals surface area contributed by atoms with Crippen LogP contribution in [0.25, 0.3) is 0 Å². The molecule has 29 heavy (non-hydrogen) atoms. The van der Waals surface area contributed by atoms with Crippen LogP contribution in [0.2, 0.25) is 5.02 Å². The van der Waals surface area contributed by atoms with Crippen molar-refractivity contribution in [2.24, 2.45) is 0 Å². The molecular formula is C22H24ClNO5. The highest BCUT2D eigenvalue weighted by molar-refractivity contribution is 6.32. The van der Waals surface area contributed by atoms with Crippen LogP contribution in [0.1, 0.15) is 35.3 Å². The lowest BCUT2D eigenvalue weighted by molar-refractivity contribution is -0.140. The lowest BCUT2D eigenvalue weighted by Gasteiger charge is -2.30. The fourth-order valence-electron chi connectivity index (χ4n) is 3.34. The van der Waals surface area contributed by atoms with E-state index in [0.29, 0.717) is 31.2 Å². The largest absolute Gasteiger partial charge is 0.493 e. The fourth-order valence-corrected chi connectivity index (χ4v) is 3.61. The molecular weight excluding hydrogens is 394 g/mol. The van der Waals surface area contributed by atoms with Crippen molar-refractivity contribution >= 4 is 23.5 Å². The Morgan fingerprint density at radius 2 is 1.93 bits per heavy atom. The van der Waals surface area contributed by atoms with Gasteiger partial charge in [0.25, 0.3) is 5.91 Å². The lowest BCUT2D eigenvalue weighted by Crippen LogP contribution is -2.42. The molecule has 0 spiro atoms. The van der Waals surface area contributed by atoms with Crippen molar-refractivity contribution in [1.29, 1.82) is 0 Å². The normalized spacial score (nSPS) is 14.0. The number of rotatable bonds is 6. The molecule has 1 aliphatic rings. The zero-order chi connectivity index (χ0) is 21.0.